The van der Waals surface area contributed by atoms with Crippen LogP contribution in [0.1, 0.15) is 25.7 Å². The van der Waals surface area contributed by atoms with Crippen LogP contribution >= 0.6 is 0 Å². The quantitative estimate of drug-likeness (QED) is 0.732. The maximum Gasteiger partial charge on any atom is 0.407 e. The average molecular weight is 253 g/mol. The summed E-state index contributed by atoms with van der Waals surface area (Å²) in [6, 6.07) is 0. The van der Waals surface area contributed by atoms with Crippen LogP contribution in [-0.4, -0.2) is 30.3 Å². The number of carbonyl (C=O) groups excluding carboxylic acids is 1. The second-order valence-corrected chi connectivity index (χ2v) is 5.49. The average Bonchev–Trinajstić information content (AvgIpc) is 2.21. The number of carboxylic acids is 1. The Hall–Kier alpha value is -1.52. The van der Waals surface area contributed by atoms with Crippen LogP contribution in [0.5, 0.6) is 0 Å². The summed E-state index contributed by atoms with van der Waals surface area (Å²) < 4.78 is 4.81. The molecule has 0 radical (unpaired) electrons. The Morgan fingerprint density at radius 2 is 2.06 bits per heavy atom. The van der Waals surface area contributed by atoms with Gasteiger partial charge in [-0.2, -0.15) is 0 Å². The third kappa shape index (κ3) is 2.66. The fraction of sp³-hybridized carbons (Fsp3) is 0.692. The molecule has 2 aliphatic carbocycles. The fourth-order valence-corrected chi connectivity index (χ4v) is 3.22. The number of hydrogen-bond donors (Lipinski definition) is 2. The highest BCUT2D eigenvalue weighted by Crippen LogP contribution is 2.60. The molecule has 0 bridgehead atoms. The van der Waals surface area contributed by atoms with Gasteiger partial charge in [0.1, 0.15) is 6.61 Å². The maximum atomic E-state index is 11.2. The van der Waals surface area contributed by atoms with Crippen LogP contribution in [0, 0.1) is 17.3 Å². The first kappa shape index (κ1) is 12.9. The molecule has 2 N–H and O–H groups in total. The van der Waals surface area contributed by atoms with Crippen molar-refractivity contribution >= 4 is 12.1 Å². The molecule has 2 rings (SSSR count). The van der Waals surface area contributed by atoms with Crippen LogP contribution < -0.4 is 5.32 Å². The van der Waals surface area contributed by atoms with Gasteiger partial charge in [-0.05, 0) is 37.0 Å². The van der Waals surface area contributed by atoms with E-state index in [0.29, 0.717) is 12.5 Å². The monoisotopic (exact) mass is 253 g/mol. The molecule has 0 aromatic carbocycles. The molecule has 18 heavy (non-hydrogen) atoms. The Bertz CT molecular complexity index is 352. The Kier molecular flexibility index (Phi) is 3.59. The van der Waals surface area contributed by atoms with Crippen molar-refractivity contribution in [2.45, 2.75) is 25.7 Å². The lowest BCUT2D eigenvalue weighted by molar-refractivity contribution is -0.157. The number of ether oxygens (including phenoxy) is 1. The summed E-state index contributed by atoms with van der Waals surface area (Å²) in [5.41, 5.74) is 0.264. The SMILES string of the molecule is C=CCOC(=O)NCC1CC2(C1)CC(C(=O)O)C2. The first-order valence-electron chi connectivity index (χ1n) is 6.29. The lowest BCUT2D eigenvalue weighted by atomic mass is 9.48. The zero-order chi connectivity index (χ0) is 13.2. The molecule has 0 heterocycles. The number of carbonyl (C=O) groups is 2. The summed E-state index contributed by atoms with van der Waals surface area (Å²) in [7, 11) is 0. The van der Waals surface area contributed by atoms with Crippen LogP contribution in [0.4, 0.5) is 4.79 Å². The summed E-state index contributed by atoms with van der Waals surface area (Å²) in [5.74, 6) is -0.345. The third-order valence-corrected chi connectivity index (χ3v) is 4.02. The highest BCUT2D eigenvalue weighted by molar-refractivity contribution is 5.71. The standard InChI is InChI=1S/C13H19NO4/c1-2-3-18-12(17)14-8-9-4-13(5-9)6-10(7-13)11(15)16/h2,9-10H,1,3-8H2,(H,14,17)(H,15,16). The number of amides is 1. The van der Waals surface area contributed by atoms with Crippen LogP contribution in [-0.2, 0) is 9.53 Å². The van der Waals surface area contributed by atoms with Crippen LogP contribution in [0.25, 0.3) is 0 Å². The molecule has 2 aliphatic rings. The van der Waals surface area contributed by atoms with E-state index in [1.54, 1.807) is 0 Å². The molecule has 5 heteroatoms. The normalized spacial score (nSPS) is 33.1. The van der Waals surface area contributed by atoms with Gasteiger partial charge in [0.25, 0.3) is 0 Å². The second kappa shape index (κ2) is 5.00. The van der Waals surface area contributed by atoms with Gasteiger partial charge in [-0.1, -0.05) is 12.7 Å². The summed E-state index contributed by atoms with van der Waals surface area (Å²) in [6.45, 7) is 4.30. The Labute approximate surface area is 106 Å². The Morgan fingerprint density at radius 1 is 1.39 bits per heavy atom. The topological polar surface area (TPSA) is 75.6 Å². The molecule has 0 aliphatic heterocycles. The Balaban J connectivity index is 1.58. The minimum atomic E-state index is -0.671. The number of alkyl carbamates (subject to hydrolysis) is 1. The van der Waals surface area contributed by atoms with Gasteiger partial charge in [0.05, 0.1) is 5.92 Å². The van der Waals surface area contributed by atoms with E-state index in [1.165, 1.54) is 6.08 Å². The van der Waals surface area contributed by atoms with Gasteiger partial charge in [0, 0.05) is 6.54 Å². The van der Waals surface area contributed by atoms with Crippen molar-refractivity contribution < 1.29 is 19.4 Å². The number of nitrogens with one attached hydrogen (secondary N) is 1. The summed E-state index contributed by atoms with van der Waals surface area (Å²) in [4.78, 5) is 21.9. The maximum absolute atomic E-state index is 11.2. The highest BCUT2D eigenvalue weighted by atomic mass is 16.5. The predicted molar refractivity (Wildman–Crippen MR) is 65.1 cm³/mol. The predicted octanol–water partition coefficient (Wildman–Crippen LogP) is 1.79. The van der Waals surface area contributed by atoms with Gasteiger partial charge in [0.15, 0.2) is 0 Å². The molecule has 0 saturated heterocycles. The lowest BCUT2D eigenvalue weighted by Crippen LogP contribution is -2.52. The van der Waals surface area contributed by atoms with Crippen molar-refractivity contribution in [2.75, 3.05) is 13.2 Å². The molecule has 5 nitrogen and oxygen atoms in total. The van der Waals surface area contributed by atoms with Gasteiger partial charge >= 0.3 is 12.1 Å². The van der Waals surface area contributed by atoms with Crippen molar-refractivity contribution in [3.05, 3.63) is 12.7 Å². The minimum absolute atomic E-state index is 0.142. The molecule has 0 unspecified atom stereocenters. The van der Waals surface area contributed by atoms with Crippen LogP contribution in [0.15, 0.2) is 12.7 Å². The third-order valence-electron chi connectivity index (χ3n) is 4.02. The van der Waals surface area contributed by atoms with Crippen LogP contribution in [0.3, 0.4) is 0 Å². The largest absolute Gasteiger partial charge is 0.481 e. The smallest absolute Gasteiger partial charge is 0.407 e. The molecule has 2 fully saturated rings. The molecule has 1 spiro atoms. The first-order valence-corrected chi connectivity index (χ1v) is 6.29. The van der Waals surface area contributed by atoms with Gasteiger partial charge in [-0.25, -0.2) is 4.79 Å². The molecular weight excluding hydrogens is 234 g/mol. The number of hydrogen-bond acceptors (Lipinski definition) is 3. The van der Waals surface area contributed by atoms with Crippen molar-refractivity contribution in [1.82, 2.24) is 5.32 Å². The van der Waals surface area contributed by atoms with E-state index >= 15 is 0 Å². The van der Waals surface area contributed by atoms with Crippen molar-refractivity contribution in [3.63, 3.8) is 0 Å². The van der Waals surface area contributed by atoms with E-state index in [9.17, 15) is 9.59 Å². The van der Waals surface area contributed by atoms with Crippen molar-refractivity contribution in [2.24, 2.45) is 17.3 Å². The van der Waals surface area contributed by atoms with Gasteiger partial charge in [-0.15, -0.1) is 0 Å². The summed E-state index contributed by atoms with van der Waals surface area (Å²) >= 11 is 0. The number of carboxylic acid groups (broad SMARTS) is 1. The molecule has 0 aromatic heterocycles. The van der Waals surface area contributed by atoms with E-state index in [4.69, 9.17) is 9.84 Å². The van der Waals surface area contributed by atoms with Gasteiger partial charge in [-0.3, -0.25) is 4.79 Å². The lowest BCUT2D eigenvalue weighted by Gasteiger charge is -2.56. The summed E-state index contributed by atoms with van der Waals surface area (Å²) in [5, 5.41) is 11.5. The molecule has 0 atom stereocenters. The fourth-order valence-electron chi connectivity index (χ4n) is 3.22. The van der Waals surface area contributed by atoms with E-state index in [0.717, 1.165) is 25.7 Å². The molecule has 2 saturated carbocycles. The van der Waals surface area contributed by atoms with Crippen molar-refractivity contribution in [1.29, 1.82) is 0 Å². The second-order valence-electron chi connectivity index (χ2n) is 5.49. The first-order chi connectivity index (χ1) is 8.54. The van der Waals surface area contributed by atoms with E-state index in [1.807, 2.05) is 0 Å². The molecule has 1 amide bonds. The highest BCUT2D eigenvalue weighted by Gasteiger charge is 2.54. The van der Waals surface area contributed by atoms with E-state index in [-0.39, 0.29) is 17.9 Å². The molecule has 0 aromatic rings. The van der Waals surface area contributed by atoms with Crippen LogP contribution in [0.2, 0.25) is 0 Å². The molecular formula is C13H19NO4. The molecule has 100 valence electrons. The van der Waals surface area contributed by atoms with E-state index in [2.05, 4.69) is 11.9 Å². The van der Waals surface area contributed by atoms with Gasteiger partial charge in [0.2, 0.25) is 0 Å². The van der Waals surface area contributed by atoms with Gasteiger partial charge < -0.3 is 15.2 Å². The minimum Gasteiger partial charge on any atom is -0.481 e. The zero-order valence-corrected chi connectivity index (χ0v) is 10.4. The number of aliphatic carboxylic acids is 1. The van der Waals surface area contributed by atoms with Crippen molar-refractivity contribution in [3.8, 4) is 0 Å². The zero-order valence-electron chi connectivity index (χ0n) is 10.4. The Morgan fingerprint density at radius 3 is 2.61 bits per heavy atom. The number of rotatable bonds is 5. The summed E-state index contributed by atoms with van der Waals surface area (Å²) in [6.07, 6.45) is 4.78. The van der Waals surface area contributed by atoms with E-state index < -0.39 is 12.1 Å².